The van der Waals surface area contributed by atoms with Crippen molar-refractivity contribution in [3.05, 3.63) is 59.7 Å². The molecule has 4 aliphatic rings. The number of piperidine rings is 2. The molecule has 2 heterocycles. The first kappa shape index (κ1) is 25.4. The standard InChI is InChI=1S/C30H41N3O3S/c1-22-29-20-23-8-11-26(34)21-28(23)30(22,14-18-31(29)2)15-19-32-16-12-25(13-17-32)33(24-9-10-24)37(35,36)27-6-4-3-5-7-27/h3-8,11,21-22,24-25,29,34H,9-10,12-20H2,1-2H3/t22-,29+,30-/m0/s1. The summed E-state index contributed by atoms with van der Waals surface area (Å²) in [5.41, 5.74) is 2.86. The van der Waals surface area contributed by atoms with E-state index in [9.17, 15) is 13.5 Å². The summed E-state index contributed by atoms with van der Waals surface area (Å²) >= 11 is 0. The van der Waals surface area contributed by atoms with Crippen LogP contribution in [0.2, 0.25) is 0 Å². The molecule has 0 amide bonds. The summed E-state index contributed by atoms with van der Waals surface area (Å²) in [5.74, 6) is 0.919. The number of phenols is 1. The number of aromatic hydroxyl groups is 1. The molecule has 2 aromatic carbocycles. The van der Waals surface area contributed by atoms with Crippen LogP contribution in [-0.4, -0.2) is 79.0 Å². The smallest absolute Gasteiger partial charge is 0.243 e. The van der Waals surface area contributed by atoms with Crippen LogP contribution in [0.5, 0.6) is 5.75 Å². The summed E-state index contributed by atoms with van der Waals surface area (Å²) in [4.78, 5) is 5.51. The number of likely N-dealkylation sites (N-methyl/N-ethyl adjacent to an activating group) is 1. The Labute approximate surface area is 222 Å². The summed E-state index contributed by atoms with van der Waals surface area (Å²) < 4.78 is 28.9. The fourth-order valence-corrected chi connectivity index (χ4v) is 9.59. The topological polar surface area (TPSA) is 64.1 Å². The molecule has 3 fully saturated rings. The molecule has 2 saturated heterocycles. The molecule has 2 bridgehead atoms. The van der Waals surface area contributed by atoms with Gasteiger partial charge in [0.15, 0.2) is 0 Å². The molecule has 0 radical (unpaired) electrons. The van der Waals surface area contributed by atoms with Crippen molar-refractivity contribution in [2.75, 3.05) is 33.2 Å². The number of nitrogens with zero attached hydrogens (tertiary/aromatic N) is 3. The van der Waals surface area contributed by atoms with Crippen molar-refractivity contribution in [3.8, 4) is 5.75 Å². The zero-order chi connectivity index (χ0) is 25.8. The van der Waals surface area contributed by atoms with Gasteiger partial charge in [-0.25, -0.2) is 8.42 Å². The minimum Gasteiger partial charge on any atom is -0.508 e. The third-order valence-corrected chi connectivity index (χ3v) is 12.0. The molecule has 37 heavy (non-hydrogen) atoms. The fraction of sp³-hybridized carbons (Fsp3) is 0.600. The van der Waals surface area contributed by atoms with E-state index in [2.05, 4.69) is 29.8 Å². The third kappa shape index (κ3) is 4.52. The highest BCUT2D eigenvalue weighted by Gasteiger charge is 2.50. The lowest BCUT2D eigenvalue weighted by Gasteiger charge is -2.56. The van der Waals surface area contributed by atoms with Gasteiger partial charge in [-0.1, -0.05) is 31.2 Å². The van der Waals surface area contributed by atoms with Gasteiger partial charge >= 0.3 is 0 Å². The first-order valence-electron chi connectivity index (χ1n) is 14.1. The van der Waals surface area contributed by atoms with Crippen molar-refractivity contribution in [2.45, 2.75) is 80.3 Å². The predicted molar refractivity (Wildman–Crippen MR) is 146 cm³/mol. The molecule has 0 unspecified atom stereocenters. The lowest BCUT2D eigenvalue weighted by Crippen LogP contribution is -2.58. The average molecular weight is 524 g/mol. The van der Waals surface area contributed by atoms with Gasteiger partial charge in [-0.3, -0.25) is 0 Å². The van der Waals surface area contributed by atoms with E-state index in [0.717, 1.165) is 71.1 Å². The maximum Gasteiger partial charge on any atom is 0.243 e. The number of likely N-dealkylation sites (tertiary alicyclic amines) is 2. The molecule has 1 N–H and O–H groups in total. The van der Waals surface area contributed by atoms with E-state index >= 15 is 0 Å². The second-order valence-corrected chi connectivity index (χ2v) is 13.8. The molecule has 2 aliphatic carbocycles. The lowest BCUT2D eigenvalue weighted by molar-refractivity contribution is 0.0272. The number of sulfonamides is 1. The number of hydrogen-bond acceptors (Lipinski definition) is 5. The SMILES string of the molecule is C[C@H]1[C@H]2Cc3ccc(O)cc3[C@]1(CCN1CCC(N(C3CC3)S(=O)(=O)c3ccccc3)CC1)CCN2C. The van der Waals surface area contributed by atoms with Gasteiger partial charge in [0.05, 0.1) is 4.90 Å². The minimum atomic E-state index is -3.46. The largest absolute Gasteiger partial charge is 0.508 e. The van der Waals surface area contributed by atoms with E-state index in [1.165, 1.54) is 11.1 Å². The molecule has 6 nitrogen and oxygen atoms in total. The van der Waals surface area contributed by atoms with E-state index in [4.69, 9.17) is 0 Å². The van der Waals surface area contributed by atoms with E-state index in [1.54, 1.807) is 12.1 Å². The van der Waals surface area contributed by atoms with Crippen LogP contribution in [0.1, 0.15) is 56.6 Å². The highest BCUT2D eigenvalue weighted by molar-refractivity contribution is 7.89. The molecule has 2 aromatic rings. The van der Waals surface area contributed by atoms with E-state index in [1.807, 2.05) is 34.6 Å². The van der Waals surface area contributed by atoms with E-state index in [0.29, 0.717) is 22.6 Å². The Morgan fingerprint density at radius 2 is 1.70 bits per heavy atom. The first-order valence-corrected chi connectivity index (χ1v) is 15.6. The van der Waals surface area contributed by atoms with Gasteiger partial charge in [-0.15, -0.1) is 0 Å². The fourth-order valence-electron chi connectivity index (χ4n) is 7.64. The molecule has 3 atom stereocenters. The number of rotatable bonds is 7. The summed E-state index contributed by atoms with van der Waals surface area (Å²) in [6.45, 7) is 6.43. The van der Waals surface area contributed by atoms with Crippen molar-refractivity contribution >= 4 is 10.0 Å². The Morgan fingerprint density at radius 1 is 1.00 bits per heavy atom. The lowest BCUT2D eigenvalue weighted by atomic mass is 9.56. The second-order valence-electron chi connectivity index (χ2n) is 12.0. The molecular weight excluding hydrogens is 482 g/mol. The van der Waals surface area contributed by atoms with Gasteiger partial charge in [-0.05, 0) is 119 Å². The summed E-state index contributed by atoms with van der Waals surface area (Å²) in [5, 5.41) is 10.4. The zero-order valence-corrected chi connectivity index (χ0v) is 23.0. The quantitative estimate of drug-likeness (QED) is 0.588. The van der Waals surface area contributed by atoms with Crippen molar-refractivity contribution in [3.63, 3.8) is 0 Å². The monoisotopic (exact) mass is 523 g/mol. The van der Waals surface area contributed by atoms with E-state index in [-0.39, 0.29) is 17.5 Å². The van der Waals surface area contributed by atoms with Crippen molar-refractivity contribution in [1.82, 2.24) is 14.1 Å². The van der Waals surface area contributed by atoms with Gasteiger partial charge in [0, 0.05) is 23.5 Å². The zero-order valence-electron chi connectivity index (χ0n) is 22.2. The number of fused-ring (bicyclic) bond motifs is 4. The molecule has 2 aliphatic heterocycles. The van der Waals surface area contributed by atoms with Gasteiger partial charge < -0.3 is 14.9 Å². The van der Waals surface area contributed by atoms with E-state index < -0.39 is 10.0 Å². The summed E-state index contributed by atoms with van der Waals surface area (Å²) in [6.07, 6.45) is 7.03. The van der Waals surface area contributed by atoms with Gasteiger partial charge in [0.25, 0.3) is 0 Å². The van der Waals surface area contributed by atoms with Crippen LogP contribution in [0.25, 0.3) is 0 Å². The predicted octanol–water partition coefficient (Wildman–Crippen LogP) is 4.23. The summed E-state index contributed by atoms with van der Waals surface area (Å²) in [6, 6.07) is 15.8. The average Bonchev–Trinajstić information content (AvgIpc) is 3.73. The van der Waals surface area contributed by atoms with Gasteiger partial charge in [0.1, 0.15) is 5.75 Å². The number of benzene rings is 2. The van der Waals surface area contributed by atoms with Crippen LogP contribution in [0.3, 0.4) is 0 Å². The van der Waals surface area contributed by atoms with Crippen LogP contribution in [0, 0.1) is 5.92 Å². The molecule has 0 spiro atoms. The normalized spacial score (nSPS) is 29.4. The summed E-state index contributed by atoms with van der Waals surface area (Å²) in [7, 11) is -1.20. The van der Waals surface area contributed by atoms with Crippen LogP contribution >= 0.6 is 0 Å². The maximum atomic E-state index is 13.5. The first-order chi connectivity index (χ1) is 17.8. The molecule has 7 heteroatoms. The van der Waals surface area contributed by atoms with Crippen LogP contribution in [-0.2, 0) is 21.9 Å². The second kappa shape index (κ2) is 9.67. The van der Waals surface area contributed by atoms with Crippen LogP contribution in [0.4, 0.5) is 0 Å². The molecule has 1 saturated carbocycles. The Hall–Kier alpha value is -1.93. The minimum absolute atomic E-state index is 0.0890. The Kier molecular flexibility index (Phi) is 6.63. The van der Waals surface area contributed by atoms with Gasteiger partial charge in [0.2, 0.25) is 10.0 Å². The van der Waals surface area contributed by atoms with Crippen LogP contribution in [0.15, 0.2) is 53.4 Å². The van der Waals surface area contributed by atoms with Crippen molar-refractivity contribution in [2.24, 2.45) is 5.92 Å². The maximum absolute atomic E-state index is 13.5. The van der Waals surface area contributed by atoms with Gasteiger partial charge in [-0.2, -0.15) is 4.31 Å². The van der Waals surface area contributed by atoms with Crippen molar-refractivity contribution < 1.29 is 13.5 Å². The Balaban J connectivity index is 1.16. The molecular formula is C30H41N3O3S. The number of hydrogen-bond donors (Lipinski definition) is 1. The Morgan fingerprint density at radius 3 is 2.41 bits per heavy atom. The molecule has 6 rings (SSSR count). The van der Waals surface area contributed by atoms with Crippen molar-refractivity contribution in [1.29, 1.82) is 0 Å². The molecule has 0 aromatic heterocycles. The Bertz CT molecular complexity index is 1220. The third-order valence-electron chi connectivity index (χ3n) is 10.0. The highest BCUT2D eigenvalue weighted by atomic mass is 32.2. The highest BCUT2D eigenvalue weighted by Crippen LogP contribution is 2.51. The molecule has 200 valence electrons. The number of phenolic OH excluding ortho intramolecular Hbond substituents is 1. The van der Waals surface area contributed by atoms with Crippen LogP contribution < -0.4 is 0 Å².